The number of piperidine rings is 1. The number of aromatic nitrogens is 4. The van der Waals surface area contributed by atoms with E-state index in [1.807, 2.05) is 35.6 Å². The van der Waals surface area contributed by atoms with E-state index in [0.29, 0.717) is 12.3 Å². The van der Waals surface area contributed by atoms with Crippen LogP contribution < -0.4 is 0 Å². The second-order valence-corrected chi connectivity index (χ2v) is 8.99. The zero-order valence-corrected chi connectivity index (χ0v) is 19.2. The van der Waals surface area contributed by atoms with Crippen LogP contribution in [0.25, 0.3) is 22.2 Å². The van der Waals surface area contributed by atoms with Gasteiger partial charge < -0.3 is 9.47 Å². The number of aryl methyl sites for hydroxylation is 1. The first kappa shape index (κ1) is 21.9. The SMILES string of the molecule is N#CCn1cc(-c2ccc3c(c2)ncn3CC2CCN(C(=O)CCc3ccccc3)CC2)cn1. The predicted octanol–water partition coefficient (Wildman–Crippen LogP) is 4.29. The third kappa shape index (κ3) is 4.86. The van der Waals surface area contributed by atoms with Crippen LogP contribution in [0.3, 0.4) is 0 Å². The van der Waals surface area contributed by atoms with Gasteiger partial charge in [0.25, 0.3) is 0 Å². The molecule has 1 fully saturated rings. The smallest absolute Gasteiger partial charge is 0.222 e. The van der Waals surface area contributed by atoms with E-state index in [0.717, 1.165) is 61.1 Å². The van der Waals surface area contributed by atoms with Gasteiger partial charge in [-0.15, -0.1) is 0 Å². The maximum Gasteiger partial charge on any atom is 0.222 e. The number of fused-ring (bicyclic) bond motifs is 1. The number of hydrogen-bond acceptors (Lipinski definition) is 4. The van der Waals surface area contributed by atoms with Crippen molar-refractivity contribution in [2.75, 3.05) is 13.1 Å². The van der Waals surface area contributed by atoms with Gasteiger partial charge >= 0.3 is 0 Å². The van der Waals surface area contributed by atoms with Gasteiger partial charge in [-0.1, -0.05) is 36.4 Å². The van der Waals surface area contributed by atoms with E-state index >= 15 is 0 Å². The highest BCUT2D eigenvalue weighted by atomic mass is 16.2. The molecule has 0 unspecified atom stereocenters. The Morgan fingerprint density at radius 3 is 2.71 bits per heavy atom. The lowest BCUT2D eigenvalue weighted by Crippen LogP contribution is -2.39. The highest BCUT2D eigenvalue weighted by molar-refractivity contribution is 5.82. The summed E-state index contributed by atoms with van der Waals surface area (Å²) in [6.07, 6.45) is 9.02. The standard InChI is InChI=1S/C27H28N6O/c28-12-15-33-19-24(17-30-33)23-7-8-26-25(16-23)29-20-32(26)18-22-10-13-31(14-11-22)27(34)9-6-21-4-2-1-3-5-21/h1-5,7-8,16-17,19-20,22H,6,9-11,13-15,18H2. The molecule has 34 heavy (non-hydrogen) atoms. The van der Waals surface area contributed by atoms with Crippen molar-refractivity contribution in [3.05, 3.63) is 72.8 Å². The molecule has 2 aromatic carbocycles. The maximum atomic E-state index is 12.6. The van der Waals surface area contributed by atoms with E-state index in [-0.39, 0.29) is 12.5 Å². The Hall–Kier alpha value is -3.92. The molecule has 0 radical (unpaired) electrons. The van der Waals surface area contributed by atoms with Crippen LogP contribution in [0.5, 0.6) is 0 Å². The molecule has 2 aromatic heterocycles. The Morgan fingerprint density at radius 2 is 1.91 bits per heavy atom. The van der Waals surface area contributed by atoms with Crippen LogP contribution in [0.4, 0.5) is 0 Å². The lowest BCUT2D eigenvalue weighted by molar-refractivity contribution is -0.132. The first-order chi connectivity index (χ1) is 16.7. The van der Waals surface area contributed by atoms with Gasteiger partial charge in [0.2, 0.25) is 5.91 Å². The van der Waals surface area contributed by atoms with Gasteiger partial charge in [-0.25, -0.2) is 4.98 Å². The van der Waals surface area contributed by atoms with Crippen molar-refractivity contribution in [2.45, 2.75) is 38.8 Å². The van der Waals surface area contributed by atoms with Crippen LogP contribution in [-0.4, -0.2) is 43.2 Å². The van der Waals surface area contributed by atoms with E-state index in [4.69, 9.17) is 5.26 Å². The van der Waals surface area contributed by atoms with E-state index in [1.54, 1.807) is 10.9 Å². The molecular formula is C27H28N6O. The lowest BCUT2D eigenvalue weighted by atomic mass is 9.96. The summed E-state index contributed by atoms with van der Waals surface area (Å²) in [4.78, 5) is 19.3. The van der Waals surface area contributed by atoms with Crippen LogP contribution >= 0.6 is 0 Å². The normalized spacial score (nSPS) is 14.4. The largest absolute Gasteiger partial charge is 0.343 e. The number of carbonyl (C=O) groups is 1. The molecule has 1 saturated heterocycles. The highest BCUT2D eigenvalue weighted by Crippen LogP contribution is 2.26. The van der Waals surface area contributed by atoms with Crippen LogP contribution in [-0.2, 0) is 24.3 Å². The Balaban J connectivity index is 1.17. The molecule has 0 bridgehead atoms. The summed E-state index contributed by atoms with van der Waals surface area (Å²) in [5.41, 5.74) is 5.32. The molecule has 0 spiro atoms. The highest BCUT2D eigenvalue weighted by Gasteiger charge is 2.23. The molecule has 1 aliphatic heterocycles. The van der Waals surface area contributed by atoms with Gasteiger partial charge in [-0.05, 0) is 48.4 Å². The zero-order valence-electron chi connectivity index (χ0n) is 19.2. The number of benzene rings is 2. The molecule has 5 rings (SSSR count). The Bertz CT molecular complexity index is 1310. The number of imidazole rings is 1. The third-order valence-corrected chi connectivity index (χ3v) is 6.71. The number of carbonyl (C=O) groups excluding carboxylic acids is 1. The number of rotatable bonds is 7. The number of nitrogens with zero attached hydrogens (tertiary/aromatic N) is 6. The van der Waals surface area contributed by atoms with Crippen molar-refractivity contribution in [3.63, 3.8) is 0 Å². The van der Waals surface area contributed by atoms with Crippen molar-refractivity contribution < 1.29 is 4.79 Å². The molecule has 7 nitrogen and oxygen atoms in total. The molecule has 1 amide bonds. The molecule has 172 valence electrons. The second-order valence-electron chi connectivity index (χ2n) is 8.99. The minimum Gasteiger partial charge on any atom is -0.343 e. The summed E-state index contributed by atoms with van der Waals surface area (Å²) in [6.45, 7) is 2.83. The summed E-state index contributed by atoms with van der Waals surface area (Å²) >= 11 is 0. The summed E-state index contributed by atoms with van der Waals surface area (Å²) in [5.74, 6) is 0.806. The fourth-order valence-electron chi connectivity index (χ4n) is 4.76. The fourth-order valence-corrected chi connectivity index (χ4v) is 4.76. The first-order valence-electron chi connectivity index (χ1n) is 11.9. The Morgan fingerprint density at radius 1 is 1.09 bits per heavy atom. The average molecular weight is 453 g/mol. The third-order valence-electron chi connectivity index (χ3n) is 6.71. The zero-order chi connectivity index (χ0) is 23.3. The number of amides is 1. The van der Waals surface area contributed by atoms with Gasteiger partial charge in [-0.3, -0.25) is 9.48 Å². The minimum atomic E-state index is 0.244. The van der Waals surface area contributed by atoms with Crippen LogP contribution in [0.15, 0.2) is 67.3 Å². The Kier molecular flexibility index (Phi) is 6.39. The average Bonchev–Trinajstić information content (AvgIpc) is 3.51. The molecule has 3 heterocycles. The van der Waals surface area contributed by atoms with Crippen molar-refractivity contribution in [3.8, 4) is 17.2 Å². The van der Waals surface area contributed by atoms with Crippen LogP contribution in [0.1, 0.15) is 24.8 Å². The van der Waals surface area contributed by atoms with Crippen molar-refractivity contribution in [2.24, 2.45) is 5.92 Å². The predicted molar refractivity (Wildman–Crippen MR) is 131 cm³/mol. The Labute approximate surface area is 199 Å². The molecule has 1 aliphatic rings. The maximum absolute atomic E-state index is 12.6. The number of nitriles is 1. The molecule has 0 N–H and O–H groups in total. The van der Waals surface area contributed by atoms with Crippen LogP contribution in [0.2, 0.25) is 0 Å². The van der Waals surface area contributed by atoms with Gasteiger partial charge in [0.1, 0.15) is 6.54 Å². The first-order valence-corrected chi connectivity index (χ1v) is 11.9. The second kappa shape index (κ2) is 9.92. The monoisotopic (exact) mass is 452 g/mol. The topological polar surface area (TPSA) is 79.7 Å². The molecule has 0 atom stereocenters. The molecule has 4 aromatic rings. The van der Waals surface area contributed by atoms with E-state index in [2.05, 4.69) is 51.1 Å². The molecular weight excluding hydrogens is 424 g/mol. The number of hydrogen-bond donors (Lipinski definition) is 0. The van der Waals surface area contributed by atoms with Crippen molar-refractivity contribution in [1.29, 1.82) is 5.26 Å². The molecule has 0 saturated carbocycles. The summed E-state index contributed by atoms with van der Waals surface area (Å²) < 4.78 is 3.87. The van der Waals surface area contributed by atoms with Gasteiger partial charge in [0.05, 0.1) is 29.6 Å². The molecule has 7 heteroatoms. The summed E-state index contributed by atoms with van der Waals surface area (Å²) in [7, 11) is 0. The molecule has 0 aliphatic carbocycles. The van der Waals surface area contributed by atoms with Gasteiger partial charge in [0, 0.05) is 37.8 Å². The van der Waals surface area contributed by atoms with Crippen molar-refractivity contribution >= 4 is 16.9 Å². The van der Waals surface area contributed by atoms with Crippen LogP contribution in [0, 0.1) is 17.2 Å². The summed E-state index contributed by atoms with van der Waals surface area (Å²) in [6, 6.07) is 18.6. The fraction of sp³-hybridized carbons (Fsp3) is 0.333. The lowest BCUT2D eigenvalue weighted by Gasteiger charge is -2.32. The number of likely N-dealkylation sites (tertiary alicyclic amines) is 1. The minimum absolute atomic E-state index is 0.244. The van der Waals surface area contributed by atoms with E-state index in [1.165, 1.54) is 5.56 Å². The summed E-state index contributed by atoms with van der Waals surface area (Å²) in [5, 5.41) is 13.1. The van der Waals surface area contributed by atoms with Gasteiger partial charge in [0.15, 0.2) is 0 Å². The van der Waals surface area contributed by atoms with Gasteiger partial charge in [-0.2, -0.15) is 10.4 Å². The quantitative estimate of drug-likeness (QED) is 0.419. The van der Waals surface area contributed by atoms with E-state index < -0.39 is 0 Å². The van der Waals surface area contributed by atoms with E-state index in [9.17, 15) is 4.79 Å². The van der Waals surface area contributed by atoms with Crippen molar-refractivity contribution in [1.82, 2.24) is 24.2 Å².